The zero-order valence-corrected chi connectivity index (χ0v) is 22.4. The normalized spacial score (nSPS) is 26.3. The van der Waals surface area contributed by atoms with Gasteiger partial charge in [0.25, 0.3) is 11.8 Å². The van der Waals surface area contributed by atoms with Crippen molar-refractivity contribution >= 4 is 69.3 Å². The van der Waals surface area contributed by atoms with Crippen LogP contribution in [0.2, 0.25) is 10.0 Å². The van der Waals surface area contributed by atoms with Gasteiger partial charge in [0.15, 0.2) is 11.0 Å². The standard InChI is InChI=1S/C28H22Cl2N4O2S/c1-3-33-22-12-8-7-11-20(22)28(26(33)36)23(19-14-13-17(29)15-21(19)30)27(24(37)31-28)16(2)32-34(25(27)35)18-9-5-4-6-10-18/h4-15,23H,3H2,1-2H3,(H,31,37)/t23-,27+,28-/m0/s1. The first kappa shape index (κ1) is 24.1. The molecule has 37 heavy (non-hydrogen) atoms. The Hall–Kier alpha value is -3.26. The predicted molar refractivity (Wildman–Crippen MR) is 151 cm³/mol. The van der Waals surface area contributed by atoms with Crippen molar-refractivity contribution in [3.63, 3.8) is 0 Å². The number of hydrogen-bond donors (Lipinski definition) is 1. The summed E-state index contributed by atoms with van der Waals surface area (Å²) in [5, 5.41) is 10.3. The number of hydrazone groups is 1. The first-order valence-electron chi connectivity index (χ1n) is 11.9. The van der Waals surface area contributed by atoms with Gasteiger partial charge in [-0.3, -0.25) is 9.59 Å². The summed E-state index contributed by atoms with van der Waals surface area (Å²) in [5.41, 5.74) is 0.425. The summed E-state index contributed by atoms with van der Waals surface area (Å²) >= 11 is 19.1. The molecule has 0 aliphatic carbocycles. The van der Waals surface area contributed by atoms with Crippen molar-refractivity contribution in [1.29, 1.82) is 0 Å². The van der Waals surface area contributed by atoms with Crippen LogP contribution in [0.1, 0.15) is 30.9 Å². The third kappa shape index (κ3) is 2.99. The van der Waals surface area contributed by atoms with Gasteiger partial charge in [0.2, 0.25) is 0 Å². The van der Waals surface area contributed by atoms with Gasteiger partial charge in [-0.25, -0.2) is 0 Å². The Kier molecular flexibility index (Phi) is 5.46. The van der Waals surface area contributed by atoms with Crippen molar-refractivity contribution in [2.45, 2.75) is 25.3 Å². The van der Waals surface area contributed by atoms with Crippen molar-refractivity contribution in [2.24, 2.45) is 10.5 Å². The van der Waals surface area contributed by atoms with E-state index in [9.17, 15) is 9.59 Å². The summed E-state index contributed by atoms with van der Waals surface area (Å²) in [6, 6.07) is 21.9. The molecule has 0 saturated carbocycles. The summed E-state index contributed by atoms with van der Waals surface area (Å²) in [6.45, 7) is 4.16. The first-order valence-corrected chi connectivity index (χ1v) is 13.1. The van der Waals surface area contributed by atoms with Crippen LogP contribution in [0.3, 0.4) is 0 Å². The topological polar surface area (TPSA) is 65.0 Å². The SMILES string of the molecule is CCN1C(=O)[C@]2(NC(=S)[C@]3(C(=O)N(c4ccccc4)N=C3C)[C@@H]2c2ccc(Cl)cc2Cl)c2ccccc21. The van der Waals surface area contributed by atoms with Gasteiger partial charge >= 0.3 is 0 Å². The number of nitrogens with one attached hydrogen (secondary N) is 1. The first-order chi connectivity index (χ1) is 17.8. The molecule has 3 aliphatic rings. The molecule has 1 saturated heterocycles. The fraction of sp³-hybridized carbons (Fsp3) is 0.214. The zero-order chi connectivity index (χ0) is 26.1. The van der Waals surface area contributed by atoms with Crippen LogP contribution >= 0.6 is 35.4 Å². The highest BCUT2D eigenvalue weighted by atomic mass is 35.5. The van der Waals surface area contributed by atoms with E-state index in [4.69, 9.17) is 40.5 Å². The van der Waals surface area contributed by atoms with E-state index in [0.717, 1.165) is 11.3 Å². The van der Waals surface area contributed by atoms with Crippen molar-refractivity contribution in [1.82, 2.24) is 5.32 Å². The van der Waals surface area contributed by atoms with Gasteiger partial charge in [0.1, 0.15) is 0 Å². The second-order valence-corrected chi connectivity index (χ2v) is 10.6. The highest BCUT2D eigenvalue weighted by molar-refractivity contribution is 7.80. The fourth-order valence-corrected chi connectivity index (χ4v) is 7.17. The van der Waals surface area contributed by atoms with E-state index in [0.29, 0.717) is 33.6 Å². The smallest absolute Gasteiger partial charge is 0.267 e. The predicted octanol–water partition coefficient (Wildman–Crippen LogP) is 5.68. The number of anilines is 2. The van der Waals surface area contributed by atoms with E-state index >= 15 is 0 Å². The Morgan fingerprint density at radius 1 is 1.00 bits per heavy atom. The monoisotopic (exact) mass is 548 g/mol. The molecule has 3 heterocycles. The number of likely N-dealkylation sites (N-methyl/N-ethyl adjacent to an activating group) is 1. The van der Waals surface area contributed by atoms with Crippen LogP contribution in [0.4, 0.5) is 11.4 Å². The minimum Gasteiger partial charge on any atom is -0.360 e. The van der Waals surface area contributed by atoms with Crippen LogP contribution in [-0.4, -0.2) is 29.1 Å². The van der Waals surface area contributed by atoms with Gasteiger partial charge in [0, 0.05) is 33.8 Å². The molecule has 6 nitrogen and oxygen atoms in total. The second-order valence-electron chi connectivity index (χ2n) is 9.37. The number of fused-ring (bicyclic) bond motifs is 2. The second kappa shape index (κ2) is 8.38. The van der Waals surface area contributed by atoms with E-state index in [-0.39, 0.29) is 16.8 Å². The lowest BCUT2D eigenvalue weighted by Gasteiger charge is -2.36. The van der Waals surface area contributed by atoms with Crippen LogP contribution in [0.25, 0.3) is 0 Å². The molecule has 3 aliphatic heterocycles. The van der Waals surface area contributed by atoms with Crippen LogP contribution in [0.15, 0.2) is 77.9 Å². The molecule has 0 aromatic heterocycles. The number of thiocarbonyl (C=S) groups is 1. The Bertz CT molecular complexity index is 1530. The third-order valence-electron chi connectivity index (χ3n) is 7.68. The molecule has 1 fully saturated rings. The molecular formula is C28H22Cl2N4O2S. The molecular weight excluding hydrogens is 527 g/mol. The number of carbonyl (C=O) groups is 2. The number of halogens is 2. The lowest BCUT2D eigenvalue weighted by molar-refractivity contribution is -0.126. The number of para-hydroxylation sites is 2. The van der Waals surface area contributed by atoms with Gasteiger partial charge in [0.05, 0.1) is 16.4 Å². The van der Waals surface area contributed by atoms with Crippen molar-refractivity contribution in [3.05, 3.63) is 94.0 Å². The number of amides is 2. The van der Waals surface area contributed by atoms with Crippen LogP contribution in [-0.2, 0) is 15.1 Å². The molecule has 3 aromatic carbocycles. The number of benzene rings is 3. The fourth-order valence-electron chi connectivity index (χ4n) is 6.14. The number of carbonyl (C=O) groups excluding carboxylic acids is 2. The molecule has 0 unspecified atom stereocenters. The molecule has 6 rings (SSSR count). The molecule has 9 heteroatoms. The number of nitrogens with zero attached hydrogens (tertiary/aromatic N) is 3. The number of rotatable bonds is 3. The van der Waals surface area contributed by atoms with E-state index < -0.39 is 16.9 Å². The van der Waals surface area contributed by atoms with Crippen LogP contribution in [0.5, 0.6) is 0 Å². The van der Waals surface area contributed by atoms with Crippen LogP contribution in [0, 0.1) is 5.41 Å². The average molecular weight is 549 g/mol. The molecule has 3 aromatic rings. The van der Waals surface area contributed by atoms with Gasteiger partial charge in [-0.2, -0.15) is 10.1 Å². The molecule has 0 radical (unpaired) electrons. The molecule has 186 valence electrons. The van der Waals surface area contributed by atoms with Crippen molar-refractivity contribution < 1.29 is 9.59 Å². The average Bonchev–Trinajstić information content (AvgIpc) is 3.42. The molecule has 1 N–H and O–H groups in total. The molecule has 3 atom stereocenters. The summed E-state index contributed by atoms with van der Waals surface area (Å²) < 4.78 is 0. The Morgan fingerprint density at radius 3 is 2.41 bits per heavy atom. The summed E-state index contributed by atoms with van der Waals surface area (Å²) in [4.78, 5) is 30.9. The highest BCUT2D eigenvalue weighted by Gasteiger charge is 2.74. The minimum atomic E-state index is -1.44. The maximum atomic E-state index is 14.5. The lowest BCUT2D eigenvalue weighted by atomic mass is 9.62. The van der Waals surface area contributed by atoms with Crippen molar-refractivity contribution in [3.8, 4) is 0 Å². The van der Waals surface area contributed by atoms with Crippen LogP contribution < -0.4 is 15.2 Å². The quantitative estimate of drug-likeness (QED) is 0.427. The van der Waals surface area contributed by atoms with E-state index in [2.05, 4.69) is 5.32 Å². The van der Waals surface area contributed by atoms with E-state index in [1.165, 1.54) is 5.01 Å². The molecule has 2 amide bonds. The number of hydrogen-bond acceptors (Lipinski definition) is 4. The van der Waals surface area contributed by atoms with Gasteiger partial charge in [-0.05, 0) is 49.7 Å². The Labute approximate surface area is 229 Å². The minimum absolute atomic E-state index is 0.190. The largest absolute Gasteiger partial charge is 0.360 e. The summed E-state index contributed by atoms with van der Waals surface area (Å²) in [6.07, 6.45) is 0. The molecule has 0 bridgehead atoms. The summed E-state index contributed by atoms with van der Waals surface area (Å²) in [7, 11) is 0. The Morgan fingerprint density at radius 2 is 1.70 bits per heavy atom. The van der Waals surface area contributed by atoms with E-state index in [1.54, 1.807) is 30.0 Å². The molecule has 2 spiro atoms. The lowest BCUT2D eigenvalue weighted by Crippen LogP contribution is -2.52. The Balaban J connectivity index is 1.67. The summed E-state index contributed by atoms with van der Waals surface area (Å²) in [5.74, 6) is -1.33. The van der Waals surface area contributed by atoms with Gasteiger partial charge < -0.3 is 10.2 Å². The van der Waals surface area contributed by atoms with E-state index in [1.807, 2.05) is 61.5 Å². The highest BCUT2D eigenvalue weighted by Crippen LogP contribution is 2.62. The zero-order valence-electron chi connectivity index (χ0n) is 20.0. The maximum Gasteiger partial charge on any atom is 0.267 e. The third-order valence-corrected chi connectivity index (χ3v) is 8.66. The maximum absolute atomic E-state index is 14.5. The van der Waals surface area contributed by atoms with Crippen molar-refractivity contribution in [2.75, 3.05) is 16.5 Å². The van der Waals surface area contributed by atoms with Gasteiger partial charge in [-0.1, -0.05) is 77.9 Å². The van der Waals surface area contributed by atoms with Gasteiger partial charge in [-0.15, -0.1) is 0 Å².